The van der Waals surface area contributed by atoms with E-state index in [0.29, 0.717) is 12.8 Å². The second kappa shape index (κ2) is 5.31. The van der Waals surface area contributed by atoms with Gasteiger partial charge >= 0.3 is 5.97 Å². The average molecular weight is 319 g/mol. The molecule has 1 N–H and O–H groups in total. The van der Waals surface area contributed by atoms with Gasteiger partial charge in [-0.25, -0.2) is 13.4 Å². The molecule has 1 aliphatic heterocycles. The highest BCUT2D eigenvalue weighted by atomic mass is 35.5. The van der Waals surface area contributed by atoms with Crippen molar-refractivity contribution >= 4 is 27.6 Å². The number of rotatable bonds is 3. The number of sulfonamides is 1. The molecule has 1 unspecified atom stereocenters. The first-order valence-electron chi connectivity index (χ1n) is 6.11. The summed E-state index contributed by atoms with van der Waals surface area (Å²) in [5.74, 6) is -0.991. The van der Waals surface area contributed by atoms with Gasteiger partial charge in [0, 0.05) is 19.3 Å². The van der Waals surface area contributed by atoms with E-state index in [1.807, 2.05) is 0 Å². The highest BCUT2D eigenvalue weighted by molar-refractivity contribution is 7.89. The van der Waals surface area contributed by atoms with Crippen LogP contribution in [0.1, 0.15) is 19.8 Å². The maximum atomic E-state index is 12.5. The van der Waals surface area contributed by atoms with Crippen LogP contribution in [0.3, 0.4) is 0 Å². The summed E-state index contributed by atoms with van der Waals surface area (Å²) in [6.45, 7) is 1.79. The molecule has 0 amide bonds. The van der Waals surface area contributed by atoms with Crippen LogP contribution in [0.25, 0.3) is 0 Å². The van der Waals surface area contributed by atoms with Gasteiger partial charge in [0.25, 0.3) is 0 Å². The molecule has 110 valence electrons. The van der Waals surface area contributed by atoms with Gasteiger partial charge in [0.15, 0.2) is 0 Å². The van der Waals surface area contributed by atoms with Crippen molar-refractivity contribution in [3.63, 3.8) is 0 Å². The summed E-state index contributed by atoms with van der Waals surface area (Å²) >= 11 is 5.83. The third-order valence-corrected chi connectivity index (χ3v) is 5.81. The molecule has 1 saturated heterocycles. The molecule has 0 spiro atoms. The largest absolute Gasteiger partial charge is 0.481 e. The minimum atomic E-state index is -3.82. The predicted octanol–water partition coefficient (Wildman–Crippen LogP) is 1.61. The number of carbonyl (C=O) groups is 1. The van der Waals surface area contributed by atoms with Gasteiger partial charge < -0.3 is 5.11 Å². The first-order chi connectivity index (χ1) is 9.27. The molecule has 1 aromatic heterocycles. The Labute approximate surface area is 122 Å². The molecule has 1 atom stereocenters. The molecule has 1 aliphatic rings. The lowest BCUT2D eigenvalue weighted by atomic mass is 9.83. The van der Waals surface area contributed by atoms with Crippen molar-refractivity contribution in [2.45, 2.75) is 24.7 Å². The topological polar surface area (TPSA) is 87.6 Å². The third kappa shape index (κ3) is 2.65. The Kier molecular flexibility index (Phi) is 4.04. The lowest BCUT2D eigenvalue weighted by Crippen LogP contribution is -2.48. The SMILES string of the molecule is CC1(C(=O)O)CCCN(S(=O)(=O)c2cccnc2Cl)C1. The molecule has 1 aromatic rings. The summed E-state index contributed by atoms with van der Waals surface area (Å²) in [6.07, 6.45) is 2.36. The number of carboxylic acid groups (broad SMARTS) is 1. The molecule has 0 radical (unpaired) electrons. The minimum absolute atomic E-state index is 0.0596. The Balaban J connectivity index is 2.36. The van der Waals surface area contributed by atoms with Crippen LogP contribution in [-0.4, -0.2) is 41.9 Å². The van der Waals surface area contributed by atoms with Crippen molar-refractivity contribution in [3.05, 3.63) is 23.5 Å². The monoisotopic (exact) mass is 318 g/mol. The zero-order valence-corrected chi connectivity index (χ0v) is 12.5. The fraction of sp³-hybridized carbons (Fsp3) is 0.500. The molecular formula is C12H15ClN2O4S. The third-order valence-electron chi connectivity index (χ3n) is 3.52. The van der Waals surface area contributed by atoms with Gasteiger partial charge in [-0.1, -0.05) is 11.6 Å². The Hall–Kier alpha value is -1.18. The highest BCUT2D eigenvalue weighted by Gasteiger charge is 2.42. The van der Waals surface area contributed by atoms with Gasteiger partial charge in [-0.05, 0) is 31.9 Å². The summed E-state index contributed by atoms with van der Waals surface area (Å²) in [5.41, 5.74) is -1.07. The van der Waals surface area contributed by atoms with E-state index in [0.717, 1.165) is 0 Å². The van der Waals surface area contributed by atoms with Crippen molar-refractivity contribution in [3.8, 4) is 0 Å². The molecule has 6 nitrogen and oxygen atoms in total. The van der Waals surface area contributed by atoms with Crippen LogP contribution in [0.2, 0.25) is 5.15 Å². The minimum Gasteiger partial charge on any atom is -0.481 e. The number of carboxylic acids is 1. The number of nitrogens with zero attached hydrogens (tertiary/aromatic N) is 2. The number of hydrogen-bond acceptors (Lipinski definition) is 4. The maximum absolute atomic E-state index is 12.5. The van der Waals surface area contributed by atoms with Crippen LogP contribution >= 0.6 is 11.6 Å². The highest BCUT2D eigenvalue weighted by Crippen LogP contribution is 2.33. The number of aliphatic carboxylic acids is 1. The van der Waals surface area contributed by atoms with Gasteiger partial charge in [-0.15, -0.1) is 0 Å². The van der Waals surface area contributed by atoms with Crippen LogP contribution in [-0.2, 0) is 14.8 Å². The van der Waals surface area contributed by atoms with Gasteiger partial charge in [-0.3, -0.25) is 4.79 Å². The van der Waals surface area contributed by atoms with Crippen molar-refractivity contribution < 1.29 is 18.3 Å². The quantitative estimate of drug-likeness (QED) is 0.855. The fourth-order valence-electron chi connectivity index (χ4n) is 2.28. The Morgan fingerprint density at radius 1 is 1.55 bits per heavy atom. The van der Waals surface area contributed by atoms with E-state index < -0.39 is 21.4 Å². The fourth-order valence-corrected chi connectivity index (χ4v) is 4.31. The summed E-state index contributed by atoms with van der Waals surface area (Å²) in [7, 11) is -3.82. The van der Waals surface area contributed by atoms with Crippen molar-refractivity contribution in [1.82, 2.24) is 9.29 Å². The van der Waals surface area contributed by atoms with E-state index in [1.54, 1.807) is 6.92 Å². The first-order valence-corrected chi connectivity index (χ1v) is 7.93. The second-order valence-electron chi connectivity index (χ2n) is 5.10. The van der Waals surface area contributed by atoms with Crippen LogP contribution in [0, 0.1) is 5.41 Å². The molecule has 0 saturated carbocycles. The molecule has 2 heterocycles. The van der Waals surface area contributed by atoms with E-state index >= 15 is 0 Å². The van der Waals surface area contributed by atoms with Crippen molar-refractivity contribution in [1.29, 1.82) is 0 Å². The van der Waals surface area contributed by atoms with Crippen molar-refractivity contribution in [2.75, 3.05) is 13.1 Å². The number of piperidine rings is 1. The van der Waals surface area contributed by atoms with E-state index in [2.05, 4.69) is 4.98 Å². The van der Waals surface area contributed by atoms with Crippen LogP contribution < -0.4 is 0 Å². The van der Waals surface area contributed by atoms with Gasteiger partial charge in [-0.2, -0.15) is 4.31 Å². The molecular weight excluding hydrogens is 304 g/mol. The zero-order chi connectivity index (χ0) is 15.0. The van der Waals surface area contributed by atoms with Crippen LogP contribution in [0.4, 0.5) is 0 Å². The number of aromatic nitrogens is 1. The maximum Gasteiger partial charge on any atom is 0.310 e. The van der Waals surface area contributed by atoms with Gasteiger partial charge in [0.1, 0.15) is 10.0 Å². The average Bonchev–Trinajstić information content (AvgIpc) is 2.39. The van der Waals surface area contributed by atoms with Crippen LogP contribution in [0.15, 0.2) is 23.2 Å². The van der Waals surface area contributed by atoms with Gasteiger partial charge in [0.05, 0.1) is 5.41 Å². The molecule has 0 aromatic carbocycles. The lowest BCUT2D eigenvalue weighted by Gasteiger charge is -2.36. The van der Waals surface area contributed by atoms with E-state index in [1.165, 1.54) is 22.6 Å². The number of hydrogen-bond donors (Lipinski definition) is 1. The van der Waals surface area contributed by atoms with E-state index in [9.17, 15) is 18.3 Å². The van der Waals surface area contributed by atoms with Crippen molar-refractivity contribution in [2.24, 2.45) is 5.41 Å². The second-order valence-corrected chi connectivity index (χ2v) is 7.36. The smallest absolute Gasteiger partial charge is 0.310 e. The Morgan fingerprint density at radius 3 is 2.85 bits per heavy atom. The summed E-state index contributed by atoms with van der Waals surface area (Å²) in [4.78, 5) is 15.0. The normalized spacial score (nSPS) is 24.5. The van der Waals surface area contributed by atoms with E-state index in [4.69, 9.17) is 11.6 Å². The Morgan fingerprint density at radius 2 is 2.25 bits per heavy atom. The predicted molar refractivity (Wildman–Crippen MR) is 73.0 cm³/mol. The lowest BCUT2D eigenvalue weighted by molar-refractivity contribution is -0.150. The van der Waals surface area contributed by atoms with Crippen LogP contribution in [0.5, 0.6) is 0 Å². The molecule has 20 heavy (non-hydrogen) atoms. The van der Waals surface area contributed by atoms with E-state index in [-0.39, 0.29) is 23.1 Å². The first kappa shape index (κ1) is 15.2. The molecule has 2 rings (SSSR count). The summed E-state index contributed by atoms with van der Waals surface area (Å²) in [6, 6.07) is 2.86. The van der Waals surface area contributed by atoms with Gasteiger partial charge in [0.2, 0.25) is 10.0 Å². The molecule has 0 bridgehead atoms. The number of halogens is 1. The number of pyridine rings is 1. The summed E-state index contributed by atoms with van der Waals surface area (Å²) in [5, 5.41) is 9.14. The molecule has 0 aliphatic carbocycles. The Bertz CT molecular complexity index is 634. The molecule has 1 fully saturated rings. The summed E-state index contributed by atoms with van der Waals surface area (Å²) < 4.78 is 26.2. The standard InChI is InChI=1S/C12H15ClN2O4S/c1-12(11(16)17)5-3-7-15(8-12)20(18,19)9-4-2-6-14-10(9)13/h2,4,6H,3,5,7-8H2,1H3,(H,16,17). The zero-order valence-electron chi connectivity index (χ0n) is 10.9. The molecule has 8 heteroatoms.